The number of anilines is 1. The molecule has 0 saturated heterocycles. The fourth-order valence-electron chi connectivity index (χ4n) is 2.05. The van der Waals surface area contributed by atoms with Crippen LogP contribution in [0.2, 0.25) is 0 Å². The lowest BCUT2D eigenvalue weighted by Crippen LogP contribution is -2.26. The van der Waals surface area contributed by atoms with Gasteiger partial charge in [-0.2, -0.15) is 0 Å². The molecule has 2 aromatic carbocycles. The SMILES string of the molecule is CN(Cc1cc(Br)ccc1F)C(=O)c1ccc(NC(N)=O)cc1. The molecule has 5 nitrogen and oxygen atoms in total. The van der Waals surface area contributed by atoms with Gasteiger partial charge in [0.15, 0.2) is 0 Å². The molecule has 0 radical (unpaired) electrons. The van der Waals surface area contributed by atoms with Crippen LogP contribution in [0.3, 0.4) is 0 Å². The molecule has 0 bridgehead atoms. The minimum atomic E-state index is -0.675. The first-order valence-corrected chi connectivity index (χ1v) is 7.52. The summed E-state index contributed by atoms with van der Waals surface area (Å²) in [4.78, 5) is 24.5. The summed E-state index contributed by atoms with van der Waals surface area (Å²) in [6, 6.07) is 10.2. The first-order valence-electron chi connectivity index (χ1n) is 6.72. The highest BCUT2D eigenvalue weighted by Gasteiger charge is 2.14. The summed E-state index contributed by atoms with van der Waals surface area (Å²) in [5, 5.41) is 2.41. The second-order valence-electron chi connectivity index (χ2n) is 4.96. The largest absolute Gasteiger partial charge is 0.351 e. The summed E-state index contributed by atoms with van der Waals surface area (Å²) < 4.78 is 14.5. The second kappa shape index (κ2) is 7.23. The maximum Gasteiger partial charge on any atom is 0.316 e. The Balaban J connectivity index is 2.10. The van der Waals surface area contributed by atoms with E-state index in [1.54, 1.807) is 43.4 Å². The van der Waals surface area contributed by atoms with Crippen molar-refractivity contribution in [1.82, 2.24) is 4.90 Å². The molecule has 0 aromatic heterocycles. The van der Waals surface area contributed by atoms with Gasteiger partial charge in [0.05, 0.1) is 0 Å². The van der Waals surface area contributed by atoms with Crippen molar-refractivity contribution in [3.05, 3.63) is 63.9 Å². The molecule has 0 fully saturated rings. The van der Waals surface area contributed by atoms with Gasteiger partial charge in [-0.1, -0.05) is 15.9 Å². The van der Waals surface area contributed by atoms with E-state index in [1.165, 1.54) is 11.0 Å². The average molecular weight is 380 g/mol. The van der Waals surface area contributed by atoms with E-state index in [-0.39, 0.29) is 18.3 Å². The van der Waals surface area contributed by atoms with Gasteiger partial charge in [-0.15, -0.1) is 0 Å². The normalized spacial score (nSPS) is 10.2. The Morgan fingerprint density at radius 1 is 1.22 bits per heavy atom. The zero-order valence-electron chi connectivity index (χ0n) is 12.3. The topological polar surface area (TPSA) is 75.4 Å². The molecule has 23 heavy (non-hydrogen) atoms. The minimum Gasteiger partial charge on any atom is -0.351 e. The van der Waals surface area contributed by atoms with Crippen molar-refractivity contribution >= 4 is 33.6 Å². The molecule has 0 unspecified atom stereocenters. The molecule has 0 spiro atoms. The fraction of sp³-hybridized carbons (Fsp3) is 0.125. The van der Waals surface area contributed by atoms with Crippen molar-refractivity contribution in [3.63, 3.8) is 0 Å². The summed E-state index contributed by atoms with van der Waals surface area (Å²) in [6.45, 7) is 0.144. The highest BCUT2D eigenvalue weighted by Crippen LogP contribution is 2.18. The predicted octanol–water partition coefficient (Wildman–Crippen LogP) is 3.35. The average Bonchev–Trinajstić information content (AvgIpc) is 2.50. The molecule has 3 amide bonds. The number of urea groups is 1. The lowest BCUT2D eigenvalue weighted by molar-refractivity contribution is 0.0784. The zero-order valence-corrected chi connectivity index (χ0v) is 13.9. The molecule has 0 aliphatic rings. The first-order chi connectivity index (χ1) is 10.9. The fourth-order valence-corrected chi connectivity index (χ4v) is 2.46. The molecular formula is C16H15BrFN3O2. The van der Waals surface area contributed by atoms with Gasteiger partial charge < -0.3 is 16.0 Å². The predicted molar refractivity (Wildman–Crippen MR) is 89.5 cm³/mol. The van der Waals surface area contributed by atoms with Crippen LogP contribution in [-0.4, -0.2) is 23.9 Å². The number of primary amides is 1. The van der Waals surface area contributed by atoms with E-state index in [9.17, 15) is 14.0 Å². The van der Waals surface area contributed by atoms with Gasteiger partial charge in [0.1, 0.15) is 5.82 Å². The molecule has 3 N–H and O–H groups in total. The Morgan fingerprint density at radius 2 is 1.87 bits per heavy atom. The number of halogens is 2. The Hall–Kier alpha value is -2.41. The summed E-state index contributed by atoms with van der Waals surface area (Å²) >= 11 is 3.28. The van der Waals surface area contributed by atoms with Crippen molar-refractivity contribution in [2.45, 2.75) is 6.54 Å². The molecule has 7 heteroatoms. The van der Waals surface area contributed by atoms with Crippen LogP contribution < -0.4 is 11.1 Å². The number of nitrogens with one attached hydrogen (secondary N) is 1. The minimum absolute atomic E-state index is 0.144. The Bertz CT molecular complexity index is 735. The number of nitrogens with two attached hydrogens (primary N) is 1. The Kier molecular flexibility index (Phi) is 5.33. The van der Waals surface area contributed by atoms with E-state index in [4.69, 9.17) is 5.73 Å². The van der Waals surface area contributed by atoms with Crippen LogP contribution in [0.1, 0.15) is 15.9 Å². The number of amides is 3. The van der Waals surface area contributed by atoms with E-state index in [1.807, 2.05) is 0 Å². The molecule has 120 valence electrons. The van der Waals surface area contributed by atoms with Gasteiger partial charge >= 0.3 is 6.03 Å². The van der Waals surface area contributed by atoms with E-state index < -0.39 is 6.03 Å². The van der Waals surface area contributed by atoms with Crippen molar-refractivity contribution in [2.24, 2.45) is 5.73 Å². The smallest absolute Gasteiger partial charge is 0.316 e. The quantitative estimate of drug-likeness (QED) is 0.854. The van der Waals surface area contributed by atoms with E-state index in [0.717, 1.165) is 4.47 Å². The molecule has 0 heterocycles. The standard InChI is InChI=1S/C16H15BrFN3O2/c1-21(9-11-8-12(17)4-7-14(11)18)15(22)10-2-5-13(6-3-10)20-16(19)23/h2-8H,9H2,1H3,(H3,19,20,23). The third kappa shape index (κ3) is 4.53. The molecule has 0 aliphatic heterocycles. The maximum atomic E-state index is 13.8. The van der Waals surface area contributed by atoms with Crippen molar-refractivity contribution in [3.8, 4) is 0 Å². The molecule has 2 aromatic rings. The number of nitrogens with zero attached hydrogens (tertiary/aromatic N) is 1. The lowest BCUT2D eigenvalue weighted by atomic mass is 10.1. The van der Waals surface area contributed by atoms with Crippen LogP contribution in [0.15, 0.2) is 46.9 Å². The van der Waals surface area contributed by atoms with Gasteiger partial charge in [-0.05, 0) is 42.5 Å². The van der Waals surface area contributed by atoms with Gasteiger partial charge in [0.25, 0.3) is 5.91 Å². The van der Waals surface area contributed by atoms with E-state index in [2.05, 4.69) is 21.2 Å². The molecule has 0 saturated carbocycles. The summed E-state index contributed by atoms with van der Waals surface area (Å²) in [7, 11) is 1.60. The van der Waals surface area contributed by atoms with Crippen LogP contribution in [-0.2, 0) is 6.54 Å². The summed E-state index contributed by atoms with van der Waals surface area (Å²) in [5.74, 6) is -0.621. The summed E-state index contributed by atoms with van der Waals surface area (Å²) in [6.07, 6.45) is 0. The second-order valence-corrected chi connectivity index (χ2v) is 5.88. The Labute approximate surface area is 141 Å². The Morgan fingerprint density at radius 3 is 2.48 bits per heavy atom. The molecule has 0 atom stereocenters. The van der Waals surface area contributed by atoms with E-state index >= 15 is 0 Å². The van der Waals surface area contributed by atoms with Crippen molar-refractivity contribution < 1.29 is 14.0 Å². The maximum absolute atomic E-state index is 13.8. The zero-order chi connectivity index (χ0) is 17.0. The van der Waals surface area contributed by atoms with Gasteiger partial charge in [-0.25, -0.2) is 9.18 Å². The number of benzene rings is 2. The number of hydrogen-bond acceptors (Lipinski definition) is 2. The summed E-state index contributed by atoms with van der Waals surface area (Å²) in [5.41, 5.74) is 6.36. The van der Waals surface area contributed by atoms with Crippen LogP contribution in [0.5, 0.6) is 0 Å². The molecule has 0 aliphatic carbocycles. The van der Waals surface area contributed by atoms with Crippen LogP contribution in [0, 0.1) is 5.82 Å². The highest BCUT2D eigenvalue weighted by molar-refractivity contribution is 9.10. The van der Waals surface area contributed by atoms with Crippen molar-refractivity contribution in [2.75, 3.05) is 12.4 Å². The van der Waals surface area contributed by atoms with E-state index in [0.29, 0.717) is 16.8 Å². The highest BCUT2D eigenvalue weighted by atomic mass is 79.9. The van der Waals surface area contributed by atoms with Gasteiger partial charge in [-0.3, -0.25) is 4.79 Å². The van der Waals surface area contributed by atoms with Crippen LogP contribution >= 0.6 is 15.9 Å². The first kappa shape index (κ1) is 17.0. The molecule has 2 rings (SSSR count). The number of carbonyl (C=O) groups excluding carboxylic acids is 2. The number of rotatable bonds is 4. The number of hydrogen-bond donors (Lipinski definition) is 2. The third-order valence-corrected chi connectivity index (χ3v) is 3.65. The third-order valence-electron chi connectivity index (χ3n) is 3.16. The lowest BCUT2D eigenvalue weighted by Gasteiger charge is -2.18. The van der Waals surface area contributed by atoms with Gasteiger partial charge in [0, 0.05) is 34.9 Å². The molecular weight excluding hydrogens is 365 g/mol. The van der Waals surface area contributed by atoms with Gasteiger partial charge in [0.2, 0.25) is 0 Å². The van der Waals surface area contributed by atoms with Crippen LogP contribution in [0.25, 0.3) is 0 Å². The van der Waals surface area contributed by atoms with Crippen LogP contribution in [0.4, 0.5) is 14.9 Å². The monoisotopic (exact) mass is 379 g/mol. The van der Waals surface area contributed by atoms with Crippen molar-refractivity contribution in [1.29, 1.82) is 0 Å². The number of carbonyl (C=O) groups is 2.